The predicted octanol–water partition coefficient (Wildman–Crippen LogP) is 1.56. The van der Waals surface area contributed by atoms with Gasteiger partial charge >= 0.3 is 0 Å². The number of aliphatic hydroxyl groups is 1. The lowest BCUT2D eigenvalue weighted by Crippen LogP contribution is -2.54. The topological polar surface area (TPSA) is 26.7 Å². The van der Waals surface area contributed by atoms with Crippen LogP contribution >= 0.6 is 0 Å². The lowest BCUT2D eigenvalue weighted by atomic mass is 10.1. The average molecular weight is 240 g/mol. The van der Waals surface area contributed by atoms with Gasteiger partial charge in [0.25, 0.3) is 0 Å². The summed E-state index contributed by atoms with van der Waals surface area (Å²) in [4.78, 5) is 5.06. The zero-order valence-electron chi connectivity index (χ0n) is 11.4. The summed E-state index contributed by atoms with van der Waals surface area (Å²) in [6.45, 7) is 9.82. The summed E-state index contributed by atoms with van der Waals surface area (Å²) in [6, 6.07) is 0.597. The monoisotopic (exact) mass is 240 g/mol. The first-order chi connectivity index (χ1) is 8.15. The summed E-state index contributed by atoms with van der Waals surface area (Å²) in [5.74, 6) is 0.963. The maximum atomic E-state index is 9.46. The van der Waals surface area contributed by atoms with Gasteiger partial charge < -0.3 is 10.0 Å². The molecule has 0 radical (unpaired) electrons. The second-order valence-electron chi connectivity index (χ2n) is 6.10. The molecule has 1 aliphatic carbocycles. The van der Waals surface area contributed by atoms with Gasteiger partial charge in [-0.1, -0.05) is 12.8 Å². The molecule has 0 aromatic rings. The summed E-state index contributed by atoms with van der Waals surface area (Å²) in [5.41, 5.74) is 0. The highest BCUT2D eigenvalue weighted by molar-refractivity contribution is 4.82. The Morgan fingerprint density at radius 2 is 1.94 bits per heavy atom. The molecule has 2 aliphatic rings. The molecule has 1 saturated heterocycles. The molecule has 0 aromatic carbocycles. The molecule has 100 valence electrons. The first kappa shape index (κ1) is 13.3. The van der Waals surface area contributed by atoms with Crippen molar-refractivity contribution in [2.75, 3.05) is 32.7 Å². The van der Waals surface area contributed by atoms with Gasteiger partial charge in [-0.15, -0.1) is 0 Å². The van der Waals surface area contributed by atoms with Crippen LogP contribution in [0.2, 0.25) is 0 Å². The van der Waals surface area contributed by atoms with E-state index in [-0.39, 0.29) is 6.10 Å². The molecule has 3 heteroatoms. The Bertz CT molecular complexity index is 226. The van der Waals surface area contributed by atoms with E-state index in [1.807, 2.05) is 6.92 Å². The molecule has 1 aliphatic heterocycles. The Labute approximate surface area is 106 Å². The minimum Gasteiger partial charge on any atom is -0.392 e. The van der Waals surface area contributed by atoms with Crippen molar-refractivity contribution in [3.63, 3.8) is 0 Å². The molecule has 2 atom stereocenters. The zero-order chi connectivity index (χ0) is 12.3. The highest BCUT2D eigenvalue weighted by atomic mass is 16.3. The van der Waals surface area contributed by atoms with Crippen LogP contribution in [0.15, 0.2) is 0 Å². The predicted molar refractivity (Wildman–Crippen MR) is 71.1 cm³/mol. The quantitative estimate of drug-likeness (QED) is 0.808. The summed E-state index contributed by atoms with van der Waals surface area (Å²) >= 11 is 0. The van der Waals surface area contributed by atoms with Crippen molar-refractivity contribution < 1.29 is 5.11 Å². The van der Waals surface area contributed by atoms with Crippen LogP contribution in [0.1, 0.15) is 39.5 Å². The largest absolute Gasteiger partial charge is 0.392 e. The van der Waals surface area contributed by atoms with Crippen molar-refractivity contribution in [2.45, 2.75) is 51.7 Å². The molecular formula is C14H28N2O. The molecule has 1 heterocycles. The minimum atomic E-state index is -0.196. The molecule has 1 N–H and O–H groups in total. The summed E-state index contributed by atoms with van der Waals surface area (Å²) < 4.78 is 0. The summed E-state index contributed by atoms with van der Waals surface area (Å²) in [7, 11) is 0. The smallest absolute Gasteiger partial charge is 0.0639 e. The molecule has 17 heavy (non-hydrogen) atoms. The molecule has 3 nitrogen and oxygen atoms in total. The Morgan fingerprint density at radius 1 is 1.24 bits per heavy atom. The number of hydrogen-bond acceptors (Lipinski definition) is 3. The van der Waals surface area contributed by atoms with Crippen molar-refractivity contribution in [3.8, 4) is 0 Å². The molecule has 2 fully saturated rings. The third-order valence-electron chi connectivity index (χ3n) is 4.34. The van der Waals surface area contributed by atoms with Crippen molar-refractivity contribution >= 4 is 0 Å². The SMILES string of the molecule is C[C@H](O)CN1CCN(CC2CCCC2)C[C@@H]1C. The number of piperazine rings is 1. The van der Waals surface area contributed by atoms with Gasteiger partial charge in [-0.2, -0.15) is 0 Å². The number of nitrogens with zero attached hydrogens (tertiary/aromatic N) is 2. The molecule has 2 rings (SSSR count). The van der Waals surface area contributed by atoms with E-state index >= 15 is 0 Å². The maximum Gasteiger partial charge on any atom is 0.0639 e. The first-order valence-electron chi connectivity index (χ1n) is 7.29. The van der Waals surface area contributed by atoms with E-state index in [1.165, 1.54) is 45.3 Å². The van der Waals surface area contributed by atoms with E-state index in [9.17, 15) is 5.11 Å². The van der Waals surface area contributed by atoms with Gasteiger partial charge in [-0.3, -0.25) is 4.90 Å². The highest BCUT2D eigenvalue weighted by Crippen LogP contribution is 2.26. The third-order valence-corrected chi connectivity index (χ3v) is 4.34. The fraction of sp³-hybridized carbons (Fsp3) is 1.00. The normalized spacial score (nSPS) is 30.9. The number of β-amino-alcohol motifs (C(OH)–C–C–N with tert-alkyl or cyclic N) is 1. The van der Waals surface area contributed by atoms with Crippen LogP contribution in [0.3, 0.4) is 0 Å². The van der Waals surface area contributed by atoms with E-state index in [2.05, 4.69) is 16.7 Å². The van der Waals surface area contributed by atoms with Crippen LogP contribution < -0.4 is 0 Å². The van der Waals surface area contributed by atoms with Crippen LogP contribution in [0.5, 0.6) is 0 Å². The Kier molecular flexibility index (Phi) is 4.83. The van der Waals surface area contributed by atoms with Gasteiger partial charge in [0, 0.05) is 38.8 Å². The maximum absolute atomic E-state index is 9.46. The van der Waals surface area contributed by atoms with Gasteiger partial charge in [-0.25, -0.2) is 0 Å². The molecule has 0 aromatic heterocycles. The molecule has 0 amide bonds. The van der Waals surface area contributed by atoms with Crippen molar-refractivity contribution in [1.82, 2.24) is 9.80 Å². The number of rotatable bonds is 4. The van der Waals surface area contributed by atoms with Crippen LogP contribution in [0.4, 0.5) is 0 Å². The Balaban J connectivity index is 1.74. The third kappa shape index (κ3) is 3.94. The first-order valence-corrected chi connectivity index (χ1v) is 7.29. The molecule has 0 spiro atoms. The highest BCUT2D eigenvalue weighted by Gasteiger charge is 2.26. The Hall–Kier alpha value is -0.120. The van der Waals surface area contributed by atoms with Crippen LogP contribution in [0.25, 0.3) is 0 Å². The van der Waals surface area contributed by atoms with E-state index in [0.717, 1.165) is 19.0 Å². The van der Waals surface area contributed by atoms with E-state index in [1.54, 1.807) is 0 Å². The van der Waals surface area contributed by atoms with Crippen LogP contribution in [0, 0.1) is 5.92 Å². The molecule has 0 unspecified atom stereocenters. The van der Waals surface area contributed by atoms with E-state index < -0.39 is 0 Å². The van der Waals surface area contributed by atoms with E-state index in [0.29, 0.717) is 6.04 Å². The number of aliphatic hydroxyl groups excluding tert-OH is 1. The molecular weight excluding hydrogens is 212 g/mol. The van der Waals surface area contributed by atoms with Crippen LogP contribution in [-0.2, 0) is 0 Å². The lowest BCUT2D eigenvalue weighted by molar-refractivity contribution is 0.0396. The second-order valence-corrected chi connectivity index (χ2v) is 6.10. The van der Waals surface area contributed by atoms with Gasteiger partial charge in [0.15, 0.2) is 0 Å². The van der Waals surface area contributed by atoms with Gasteiger partial charge in [0.1, 0.15) is 0 Å². The minimum absolute atomic E-state index is 0.196. The fourth-order valence-corrected chi connectivity index (χ4v) is 3.41. The van der Waals surface area contributed by atoms with Crippen molar-refractivity contribution in [2.24, 2.45) is 5.92 Å². The van der Waals surface area contributed by atoms with Crippen molar-refractivity contribution in [1.29, 1.82) is 0 Å². The standard InChI is InChI=1S/C14H28N2O/c1-12-9-15(11-14-5-3-4-6-14)7-8-16(12)10-13(2)17/h12-14,17H,3-11H2,1-2H3/t12-,13-/m0/s1. The summed E-state index contributed by atoms with van der Waals surface area (Å²) in [5, 5.41) is 9.46. The lowest BCUT2D eigenvalue weighted by Gasteiger charge is -2.41. The van der Waals surface area contributed by atoms with E-state index in [4.69, 9.17) is 0 Å². The van der Waals surface area contributed by atoms with Gasteiger partial charge in [-0.05, 0) is 32.6 Å². The van der Waals surface area contributed by atoms with Crippen molar-refractivity contribution in [3.05, 3.63) is 0 Å². The summed E-state index contributed by atoms with van der Waals surface area (Å²) in [6.07, 6.45) is 5.59. The zero-order valence-corrected chi connectivity index (χ0v) is 11.4. The van der Waals surface area contributed by atoms with Gasteiger partial charge in [0.2, 0.25) is 0 Å². The number of hydrogen-bond donors (Lipinski definition) is 1. The average Bonchev–Trinajstić information content (AvgIpc) is 2.74. The second kappa shape index (κ2) is 6.17. The van der Waals surface area contributed by atoms with Crippen LogP contribution in [-0.4, -0.2) is 59.8 Å². The van der Waals surface area contributed by atoms with Gasteiger partial charge in [0.05, 0.1) is 6.10 Å². The Morgan fingerprint density at radius 3 is 2.53 bits per heavy atom. The fourth-order valence-electron chi connectivity index (χ4n) is 3.41. The molecule has 1 saturated carbocycles. The molecule has 0 bridgehead atoms.